The zero-order valence-electron chi connectivity index (χ0n) is 17.0. The number of hydrogen-bond donors (Lipinski definition) is 4. The first kappa shape index (κ1) is 21.0. The van der Waals surface area contributed by atoms with Crippen LogP contribution in [0.3, 0.4) is 0 Å². The first-order chi connectivity index (χ1) is 14.5. The van der Waals surface area contributed by atoms with Crippen molar-refractivity contribution in [3.05, 3.63) is 71.8 Å². The van der Waals surface area contributed by atoms with Gasteiger partial charge in [0.05, 0.1) is 0 Å². The average molecular weight is 410 g/mol. The molecule has 0 unspecified atom stereocenters. The van der Waals surface area contributed by atoms with Gasteiger partial charge >= 0.3 is 18.1 Å². The van der Waals surface area contributed by atoms with Gasteiger partial charge in [0.25, 0.3) is 0 Å². The summed E-state index contributed by atoms with van der Waals surface area (Å²) >= 11 is 0. The normalized spacial score (nSPS) is 18.1. The molecule has 0 bridgehead atoms. The molecule has 0 spiro atoms. The molecule has 1 saturated heterocycles. The smallest absolute Gasteiger partial charge is 0.323 e. The second-order valence-corrected chi connectivity index (χ2v) is 7.02. The number of hydrogen-bond acceptors (Lipinski definition) is 3. The molecule has 158 valence electrons. The largest absolute Gasteiger partial charge is 0.334 e. The lowest BCUT2D eigenvalue weighted by Gasteiger charge is -2.27. The Kier molecular flexibility index (Phi) is 6.74. The van der Waals surface area contributed by atoms with Crippen LogP contribution < -0.4 is 21.3 Å². The number of nitrogens with zero attached hydrogens (tertiary/aromatic N) is 2. The van der Waals surface area contributed by atoms with E-state index in [1.165, 1.54) is 9.80 Å². The number of nitrogens with one attached hydrogen (secondary N) is 4. The molecule has 1 aliphatic rings. The number of rotatable bonds is 6. The van der Waals surface area contributed by atoms with Crippen LogP contribution >= 0.6 is 0 Å². The third kappa shape index (κ3) is 5.19. The highest BCUT2D eigenvalue weighted by molar-refractivity contribution is 5.82. The zero-order valence-corrected chi connectivity index (χ0v) is 17.0. The molecule has 0 saturated carbocycles. The molecular weight excluding hydrogens is 384 g/mol. The molecule has 4 N–H and O–H groups in total. The van der Waals surface area contributed by atoms with Crippen molar-refractivity contribution in [3.8, 4) is 0 Å². The van der Waals surface area contributed by atoms with E-state index in [-0.39, 0.29) is 6.03 Å². The number of carbonyl (C=O) groups excluding carboxylic acids is 3. The number of urea groups is 3. The van der Waals surface area contributed by atoms with E-state index in [9.17, 15) is 14.4 Å². The second-order valence-electron chi connectivity index (χ2n) is 7.02. The van der Waals surface area contributed by atoms with E-state index < -0.39 is 24.4 Å². The summed E-state index contributed by atoms with van der Waals surface area (Å²) in [4.78, 5) is 39.8. The van der Waals surface area contributed by atoms with Gasteiger partial charge in [-0.2, -0.15) is 0 Å². The molecule has 2 aromatic carbocycles. The standard InChI is InChI=1S/C21H26N6O3/c1-26-17(24-19(28)22-13-15-9-5-3-6-10-15)18(27(2)21(26)30)25-20(29)23-14-16-11-7-4-8-12-16/h3-12,17-18H,13-14H2,1-2H3,(H2,22,24,28)(H2,23,25,29)/t17-,18+. The van der Waals surface area contributed by atoms with Gasteiger partial charge in [-0.1, -0.05) is 60.7 Å². The first-order valence-electron chi connectivity index (χ1n) is 9.62. The number of likely N-dealkylation sites (N-methyl/N-ethyl adjacent to an activating group) is 2. The third-order valence-electron chi connectivity index (χ3n) is 4.89. The van der Waals surface area contributed by atoms with E-state index in [0.29, 0.717) is 13.1 Å². The summed E-state index contributed by atoms with van der Waals surface area (Å²) < 4.78 is 0. The minimum absolute atomic E-state index is 0.309. The van der Waals surface area contributed by atoms with Crippen molar-refractivity contribution in [2.75, 3.05) is 14.1 Å². The van der Waals surface area contributed by atoms with Crippen molar-refractivity contribution in [2.24, 2.45) is 0 Å². The van der Waals surface area contributed by atoms with Crippen LogP contribution in [0, 0.1) is 0 Å². The van der Waals surface area contributed by atoms with Crippen molar-refractivity contribution in [1.29, 1.82) is 0 Å². The molecule has 1 heterocycles. The first-order valence-corrected chi connectivity index (χ1v) is 9.62. The summed E-state index contributed by atoms with van der Waals surface area (Å²) in [5.41, 5.74) is 1.91. The van der Waals surface area contributed by atoms with E-state index in [4.69, 9.17) is 0 Å². The molecule has 1 aliphatic heterocycles. The molecule has 9 nitrogen and oxygen atoms in total. The number of amides is 6. The molecule has 30 heavy (non-hydrogen) atoms. The van der Waals surface area contributed by atoms with E-state index in [1.807, 2.05) is 60.7 Å². The Labute approximate surface area is 175 Å². The maximum absolute atomic E-state index is 12.4. The fraction of sp³-hybridized carbons (Fsp3) is 0.286. The lowest BCUT2D eigenvalue weighted by Crippen LogP contribution is -2.59. The molecule has 0 aliphatic carbocycles. The highest BCUT2D eigenvalue weighted by Gasteiger charge is 2.43. The van der Waals surface area contributed by atoms with Crippen LogP contribution in [-0.2, 0) is 13.1 Å². The van der Waals surface area contributed by atoms with Crippen LogP contribution in [0.4, 0.5) is 14.4 Å². The Morgan fingerprint density at radius 3 is 1.47 bits per heavy atom. The van der Waals surface area contributed by atoms with Crippen molar-refractivity contribution in [1.82, 2.24) is 31.1 Å². The maximum atomic E-state index is 12.4. The van der Waals surface area contributed by atoms with Crippen molar-refractivity contribution in [3.63, 3.8) is 0 Å². The highest BCUT2D eigenvalue weighted by Crippen LogP contribution is 2.16. The molecule has 1 fully saturated rings. The van der Waals surface area contributed by atoms with Crippen LogP contribution in [0.5, 0.6) is 0 Å². The average Bonchev–Trinajstić information content (AvgIpc) is 2.96. The summed E-state index contributed by atoms with van der Waals surface area (Å²) in [5.74, 6) is 0. The van der Waals surface area contributed by atoms with Gasteiger partial charge in [0.15, 0.2) is 0 Å². The number of carbonyl (C=O) groups is 3. The summed E-state index contributed by atoms with van der Waals surface area (Å²) in [6.07, 6.45) is -1.44. The summed E-state index contributed by atoms with van der Waals surface area (Å²) in [6.45, 7) is 0.700. The van der Waals surface area contributed by atoms with Gasteiger partial charge in [-0.15, -0.1) is 0 Å². The fourth-order valence-corrected chi connectivity index (χ4v) is 3.19. The van der Waals surface area contributed by atoms with Gasteiger partial charge in [-0.3, -0.25) is 0 Å². The van der Waals surface area contributed by atoms with E-state index in [2.05, 4.69) is 21.3 Å². The molecule has 0 radical (unpaired) electrons. The minimum Gasteiger partial charge on any atom is -0.334 e. The zero-order chi connectivity index (χ0) is 21.5. The predicted octanol–water partition coefficient (Wildman–Crippen LogP) is 1.63. The molecule has 9 heteroatoms. The van der Waals surface area contributed by atoms with Crippen LogP contribution in [0.2, 0.25) is 0 Å². The molecule has 0 aromatic heterocycles. The molecule has 6 amide bonds. The van der Waals surface area contributed by atoms with Crippen molar-refractivity contribution >= 4 is 18.1 Å². The van der Waals surface area contributed by atoms with Gasteiger partial charge in [0.1, 0.15) is 12.3 Å². The lowest BCUT2D eigenvalue weighted by atomic mass is 10.2. The van der Waals surface area contributed by atoms with Crippen LogP contribution in [0.1, 0.15) is 11.1 Å². The topological polar surface area (TPSA) is 106 Å². The lowest BCUT2D eigenvalue weighted by molar-refractivity contribution is 0.193. The van der Waals surface area contributed by atoms with E-state index in [1.54, 1.807) is 14.1 Å². The van der Waals surface area contributed by atoms with Gasteiger partial charge < -0.3 is 31.1 Å². The fourth-order valence-electron chi connectivity index (χ4n) is 3.19. The quantitative estimate of drug-likeness (QED) is 0.582. The third-order valence-corrected chi connectivity index (χ3v) is 4.89. The van der Waals surface area contributed by atoms with Crippen molar-refractivity contribution < 1.29 is 14.4 Å². The Morgan fingerprint density at radius 2 is 1.10 bits per heavy atom. The Hall–Kier alpha value is -3.75. The predicted molar refractivity (Wildman–Crippen MR) is 112 cm³/mol. The van der Waals surface area contributed by atoms with Gasteiger partial charge in [-0.25, -0.2) is 14.4 Å². The van der Waals surface area contributed by atoms with Crippen LogP contribution in [0.25, 0.3) is 0 Å². The Bertz CT molecular complexity index is 805. The Morgan fingerprint density at radius 1 is 0.733 bits per heavy atom. The molecule has 2 atom stereocenters. The minimum atomic E-state index is -0.722. The van der Waals surface area contributed by atoms with Crippen LogP contribution in [0.15, 0.2) is 60.7 Å². The van der Waals surface area contributed by atoms with Gasteiger partial charge in [-0.05, 0) is 11.1 Å². The summed E-state index contributed by atoms with van der Waals surface area (Å²) in [5, 5.41) is 11.0. The monoisotopic (exact) mass is 410 g/mol. The Balaban J connectivity index is 1.56. The summed E-state index contributed by atoms with van der Waals surface area (Å²) in [6, 6.07) is 17.8. The van der Waals surface area contributed by atoms with Gasteiger partial charge in [0.2, 0.25) is 0 Å². The van der Waals surface area contributed by atoms with E-state index >= 15 is 0 Å². The SMILES string of the molecule is CN1C(=O)N(C)[C@@H](NC(=O)NCc2ccccc2)[C@H]1NC(=O)NCc1ccccc1. The second kappa shape index (κ2) is 9.64. The molecule has 2 aromatic rings. The molecular formula is C21H26N6O3. The molecule has 3 rings (SSSR count). The van der Waals surface area contributed by atoms with Gasteiger partial charge in [0, 0.05) is 27.2 Å². The number of benzene rings is 2. The van der Waals surface area contributed by atoms with Crippen molar-refractivity contribution in [2.45, 2.75) is 25.4 Å². The van der Waals surface area contributed by atoms with Crippen LogP contribution in [-0.4, -0.2) is 54.3 Å². The van der Waals surface area contributed by atoms with E-state index in [0.717, 1.165) is 11.1 Å². The maximum Gasteiger partial charge on any atom is 0.323 e. The highest BCUT2D eigenvalue weighted by atomic mass is 16.2. The summed E-state index contributed by atoms with van der Waals surface area (Å²) in [7, 11) is 3.15.